The maximum atomic E-state index is 13.0. The lowest BCUT2D eigenvalue weighted by molar-refractivity contribution is -0.384. The summed E-state index contributed by atoms with van der Waals surface area (Å²) in [4.78, 5) is 32.7. The number of esters is 1. The van der Waals surface area contributed by atoms with Crippen LogP contribution in [-0.4, -0.2) is 47.1 Å². The molecule has 2 atom stereocenters. The third-order valence-corrected chi connectivity index (χ3v) is 4.81. The molecule has 0 saturated heterocycles. The van der Waals surface area contributed by atoms with E-state index in [2.05, 4.69) is 15.1 Å². The zero-order valence-electron chi connectivity index (χ0n) is 17.1. The molecule has 30 heavy (non-hydrogen) atoms. The van der Waals surface area contributed by atoms with Gasteiger partial charge in [-0.25, -0.2) is 0 Å². The maximum Gasteiger partial charge on any atom is 0.315 e. The Balaban J connectivity index is 2.14. The topological polar surface area (TPSA) is 130 Å². The van der Waals surface area contributed by atoms with E-state index in [0.29, 0.717) is 28.4 Å². The van der Waals surface area contributed by atoms with Gasteiger partial charge in [0.25, 0.3) is 11.6 Å². The van der Waals surface area contributed by atoms with Gasteiger partial charge in [0, 0.05) is 42.1 Å². The molecule has 2 aromatic rings. The molecule has 1 aliphatic rings. The quantitative estimate of drug-likeness (QED) is 0.292. The first-order valence-corrected chi connectivity index (χ1v) is 9.30. The normalized spacial score (nSPS) is 18.9. The Morgan fingerprint density at radius 1 is 1.27 bits per heavy atom. The molecule has 1 aromatic heterocycles. The van der Waals surface area contributed by atoms with Crippen LogP contribution in [0.15, 0.2) is 39.5 Å². The molecule has 0 spiro atoms. The van der Waals surface area contributed by atoms with Gasteiger partial charge < -0.3 is 14.0 Å². The summed E-state index contributed by atoms with van der Waals surface area (Å²) in [7, 11) is 1.51. The molecule has 0 amide bonds. The minimum Gasteiger partial charge on any atom is -0.463 e. The van der Waals surface area contributed by atoms with Gasteiger partial charge >= 0.3 is 5.97 Å². The SMILES string of the molecule is COCCOC(=O)C1C(C)=NC(C)=C(c2nc(C)no2)C1c1cccc([N+](=O)[O-])c1. The van der Waals surface area contributed by atoms with E-state index in [9.17, 15) is 14.9 Å². The highest BCUT2D eigenvalue weighted by Crippen LogP contribution is 2.44. The van der Waals surface area contributed by atoms with Gasteiger partial charge in [-0.05, 0) is 26.3 Å². The van der Waals surface area contributed by atoms with Gasteiger partial charge in [-0.15, -0.1) is 0 Å². The fraction of sp³-hybridized carbons (Fsp3) is 0.400. The fourth-order valence-corrected chi connectivity index (χ4v) is 3.53. The van der Waals surface area contributed by atoms with E-state index in [0.717, 1.165) is 0 Å². The Kier molecular flexibility index (Phi) is 6.36. The molecule has 10 nitrogen and oxygen atoms in total. The number of non-ortho nitro benzene ring substituents is 1. The molecule has 0 radical (unpaired) electrons. The number of aliphatic imine (C=N–C) groups is 1. The molecule has 1 aromatic carbocycles. The molecule has 158 valence electrons. The Labute approximate surface area is 172 Å². The monoisotopic (exact) mass is 414 g/mol. The average molecular weight is 414 g/mol. The number of nitrogens with zero attached hydrogens (tertiary/aromatic N) is 4. The average Bonchev–Trinajstić information content (AvgIpc) is 3.13. The summed E-state index contributed by atoms with van der Waals surface area (Å²) >= 11 is 0. The number of ether oxygens (including phenoxy) is 2. The summed E-state index contributed by atoms with van der Waals surface area (Å²) in [5.41, 5.74) is 2.13. The van der Waals surface area contributed by atoms with Gasteiger partial charge in [0.05, 0.1) is 11.5 Å². The van der Waals surface area contributed by atoms with Crippen LogP contribution in [0.3, 0.4) is 0 Å². The van der Waals surface area contributed by atoms with Crippen LogP contribution in [0, 0.1) is 23.0 Å². The smallest absolute Gasteiger partial charge is 0.315 e. The zero-order chi connectivity index (χ0) is 21.8. The van der Waals surface area contributed by atoms with E-state index in [-0.39, 0.29) is 24.8 Å². The highest BCUT2D eigenvalue weighted by molar-refractivity contribution is 6.06. The predicted molar refractivity (Wildman–Crippen MR) is 107 cm³/mol. The van der Waals surface area contributed by atoms with Crippen molar-refractivity contribution < 1.29 is 23.7 Å². The molecule has 0 saturated carbocycles. The van der Waals surface area contributed by atoms with Crippen molar-refractivity contribution in [3.05, 3.63) is 57.4 Å². The lowest BCUT2D eigenvalue weighted by Gasteiger charge is -2.31. The van der Waals surface area contributed by atoms with Crippen molar-refractivity contribution in [1.82, 2.24) is 10.1 Å². The predicted octanol–water partition coefficient (Wildman–Crippen LogP) is 3.08. The third kappa shape index (κ3) is 4.28. The first-order chi connectivity index (χ1) is 14.3. The first-order valence-electron chi connectivity index (χ1n) is 9.30. The van der Waals surface area contributed by atoms with Crippen molar-refractivity contribution in [2.75, 3.05) is 20.3 Å². The minimum absolute atomic E-state index is 0.0818. The van der Waals surface area contributed by atoms with Crippen LogP contribution >= 0.6 is 0 Å². The fourth-order valence-electron chi connectivity index (χ4n) is 3.53. The number of carbonyl (C=O) groups excluding carboxylic acids is 1. The number of hydrogen-bond donors (Lipinski definition) is 0. The molecule has 0 bridgehead atoms. The highest BCUT2D eigenvalue weighted by Gasteiger charge is 2.42. The summed E-state index contributed by atoms with van der Waals surface area (Å²) in [6.07, 6.45) is 0. The van der Waals surface area contributed by atoms with Gasteiger partial charge in [0.2, 0.25) is 0 Å². The zero-order valence-corrected chi connectivity index (χ0v) is 17.1. The van der Waals surface area contributed by atoms with Gasteiger partial charge in [-0.1, -0.05) is 17.3 Å². The van der Waals surface area contributed by atoms with Gasteiger partial charge in [0.1, 0.15) is 12.5 Å². The maximum absolute atomic E-state index is 13.0. The minimum atomic E-state index is -0.810. The van der Waals surface area contributed by atoms with E-state index in [1.54, 1.807) is 32.9 Å². The lowest BCUT2D eigenvalue weighted by atomic mass is 9.75. The second kappa shape index (κ2) is 8.95. The van der Waals surface area contributed by atoms with Crippen LogP contribution in [0.2, 0.25) is 0 Å². The van der Waals surface area contributed by atoms with E-state index in [1.165, 1.54) is 19.2 Å². The molecule has 0 fully saturated rings. The Bertz CT molecular complexity index is 1030. The number of methoxy groups -OCH3 is 1. The summed E-state index contributed by atoms with van der Waals surface area (Å²) in [5, 5.41) is 15.2. The Hall–Kier alpha value is -3.40. The summed E-state index contributed by atoms with van der Waals surface area (Å²) in [5.74, 6) is -1.32. The number of benzene rings is 1. The van der Waals surface area contributed by atoms with Gasteiger partial charge in [0.15, 0.2) is 5.82 Å². The van der Waals surface area contributed by atoms with Crippen molar-refractivity contribution in [1.29, 1.82) is 0 Å². The van der Waals surface area contributed by atoms with Gasteiger partial charge in [-0.2, -0.15) is 4.98 Å². The number of rotatable bonds is 7. The molecule has 0 N–H and O–H groups in total. The number of nitro benzene ring substituents is 1. The molecule has 10 heteroatoms. The first kappa shape index (κ1) is 21.3. The molecule has 3 rings (SSSR count). The van der Waals surface area contributed by atoms with Crippen molar-refractivity contribution >= 4 is 22.9 Å². The number of allylic oxidation sites excluding steroid dienone is 2. The number of hydrogen-bond acceptors (Lipinski definition) is 9. The van der Waals surface area contributed by atoms with E-state index >= 15 is 0 Å². The van der Waals surface area contributed by atoms with Crippen LogP contribution < -0.4 is 0 Å². The summed E-state index contributed by atoms with van der Waals surface area (Å²) < 4.78 is 15.7. The van der Waals surface area contributed by atoms with Crippen molar-refractivity contribution in [2.45, 2.75) is 26.7 Å². The molecular weight excluding hydrogens is 392 g/mol. The van der Waals surface area contributed by atoms with Crippen molar-refractivity contribution in [2.24, 2.45) is 10.9 Å². The van der Waals surface area contributed by atoms with Crippen LogP contribution in [0.4, 0.5) is 5.69 Å². The van der Waals surface area contributed by atoms with Crippen LogP contribution in [-0.2, 0) is 14.3 Å². The van der Waals surface area contributed by atoms with Crippen LogP contribution in [0.1, 0.15) is 37.0 Å². The standard InChI is InChI=1S/C20H22N4O6/c1-11-16(19-22-13(3)23-30-19)18(14-6-5-7-15(10-14)24(26)27)17(12(2)21-11)20(25)29-9-8-28-4/h5-7,10,17-18H,8-9H2,1-4H3. The lowest BCUT2D eigenvalue weighted by Crippen LogP contribution is -2.34. The van der Waals surface area contributed by atoms with Crippen molar-refractivity contribution in [3.8, 4) is 0 Å². The molecule has 2 unspecified atom stereocenters. The van der Waals surface area contributed by atoms with Crippen LogP contribution in [0.25, 0.3) is 5.57 Å². The molecule has 2 heterocycles. The van der Waals surface area contributed by atoms with Crippen LogP contribution in [0.5, 0.6) is 0 Å². The third-order valence-electron chi connectivity index (χ3n) is 4.81. The summed E-state index contributed by atoms with van der Waals surface area (Å²) in [6, 6.07) is 6.14. The molecule has 0 aliphatic carbocycles. The molecule has 1 aliphatic heterocycles. The number of nitro groups is 1. The number of aromatic nitrogens is 2. The van der Waals surface area contributed by atoms with Gasteiger partial charge in [-0.3, -0.25) is 19.9 Å². The van der Waals surface area contributed by atoms with E-state index in [1.807, 2.05) is 0 Å². The number of aryl methyl sites for hydroxylation is 1. The van der Waals surface area contributed by atoms with E-state index in [4.69, 9.17) is 14.0 Å². The highest BCUT2D eigenvalue weighted by atomic mass is 16.6. The Morgan fingerprint density at radius 3 is 2.67 bits per heavy atom. The Morgan fingerprint density at radius 2 is 2.03 bits per heavy atom. The number of carbonyl (C=O) groups is 1. The second-order valence-corrected chi connectivity index (χ2v) is 6.87. The van der Waals surface area contributed by atoms with Crippen molar-refractivity contribution in [3.63, 3.8) is 0 Å². The largest absolute Gasteiger partial charge is 0.463 e. The van der Waals surface area contributed by atoms with E-state index < -0.39 is 22.7 Å². The summed E-state index contributed by atoms with van der Waals surface area (Å²) in [6.45, 7) is 5.51. The molecular formula is C20H22N4O6. The second-order valence-electron chi connectivity index (χ2n) is 6.87.